The van der Waals surface area contributed by atoms with E-state index >= 15 is 0 Å². The summed E-state index contributed by atoms with van der Waals surface area (Å²) < 4.78 is 14.1. The molecule has 16 nitrogen and oxygen atoms in total. The smallest absolute Gasteiger partial charge is 0.250 e. The average molecular weight is 1840 g/mol. The van der Waals surface area contributed by atoms with Crippen LogP contribution < -0.4 is 18.9 Å². The minimum atomic E-state index is -1.90. The molecule has 1 aliphatic rings. The van der Waals surface area contributed by atoms with Crippen molar-refractivity contribution in [3.8, 4) is 56.9 Å². The lowest BCUT2D eigenvalue weighted by molar-refractivity contribution is 0.174. The summed E-state index contributed by atoms with van der Waals surface area (Å²) in [6, 6.07) is 36.0. The van der Waals surface area contributed by atoms with E-state index in [1.165, 1.54) is 5.56 Å². The molecule has 0 saturated heterocycles. The highest BCUT2D eigenvalue weighted by Gasteiger charge is 2.37. The molecule has 544 valence electrons. The van der Waals surface area contributed by atoms with Crippen LogP contribution in [0.1, 0.15) is 104 Å². The van der Waals surface area contributed by atoms with E-state index in [4.69, 9.17) is 264 Å². The van der Waals surface area contributed by atoms with E-state index in [2.05, 4.69) is 99.9 Å². The van der Waals surface area contributed by atoms with E-state index < -0.39 is 26.5 Å². The van der Waals surface area contributed by atoms with Crippen LogP contribution >= 0.6 is 261 Å². The number of para-hydroxylation sites is 1. The monoisotopic (exact) mass is 1830 g/mol. The van der Waals surface area contributed by atoms with Crippen molar-refractivity contribution in [2.45, 2.75) is 69.1 Å². The van der Waals surface area contributed by atoms with Crippen LogP contribution in [0.4, 0.5) is 0 Å². The second-order valence-corrected chi connectivity index (χ2v) is 34.8. The topological polar surface area (TPSA) is 192 Å². The zero-order chi connectivity index (χ0) is 73.5. The zero-order valence-corrected chi connectivity index (χ0v) is 67.7. The molecule has 0 spiro atoms. The number of nitrogens with zero attached hydrogens (tertiary/aromatic N) is 12. The summed E-state index contributed by atoms with van der Waals surface area (Å²) in [6.45, 7) is 3.97. The fraction of sp³-hybridized carbons (Fsp3) is 0.258. The number of aromatic nitrogens is 12. The van der Waals surface area contributed by atoms with Gasteiger partial charge >= 0.3 is 0 Å². The third kappa shape index (κ3) is 29.0. The van der Waals surface area contributed by atoms with E-state index in [0.29, 0.717) is 40.0 Å². The molecule has 5 heterocycles. The highest BCUT2D eigenvalue weighted by Crippen LogP contribution is 2.45. The van der Waals surface area contributed by atoms with Crippen molar-refractivity contribution in [1.29, 1.82) is 1.28 Å². The summed E-state index contributed by atoms with van der Waals surface area (Å²) in [7, 11) is 5.71. The van der Waals surface area contributed by atoms with Gasteiger partial charge in [0.05, 0.1) is 15.5 Å². The largest absolute Gasteiger partial charge is 0.497 e. The number of aryl methyl sites for hydroxylation is 2. The van der Waals surface area contributed by atoms with Gasteiger partial charge in [-0.2, -0.15) is 0 Å². The van der Waals surface area contributed by atoms with E-state index in [1.807, 2.05) is 78.9 Å². The van der Waals surface area contributed by atoms with Crippen molar-refractivity contribution in [3.05, 3.63) is 190 Å². The van der Waals surface area contributed by atoms with Crippen LogP contribution in [-0.4, -0.2) is 82.1 Å². The summed E-state index contributed by atoms with van der Waals surface area (Å²) >= 11 is 123. The first-order valence-electron chi connectivity index (χ1n) is 27.2. The Balaban J connectivity index is 0.000000347. The Labute approximate surface area is 695 Å². The molecule has 0 fully saturated rings. The number of halogens is 21. The summed E-state index contributed by atoms with van der Waals surface area (Å²) in [6.07, 6.45) is 7.88. The number of hydrogen-bond acceptors (Lipinski definition) is 16. The van der Waals surface area contributed by atoms with Gasteiger partial charge in [0.25, 0.3) is 0 Å². The number of rotatable bonds is 10. The van der Waals surface area contributed by atoms with Gasteiger partial charge in [0.1, 0.15) is 17.3 Å². The van der Waals surface area contributed by atoms with Gasteiger partial charge in [-0.15, -0.1) is 17.8 Å². The number of hydrogen-bond donors (Lipinski definition) is 0. The SMILES string of the molecule is C.C.C.CCc1ccc(-c2ccc(-c3nc(C(Cl)(Cl)Cl)nc(C(Cl)(Cl)Cl)n3)cc2)cc1.COc1ccc(/C=C/c2nc(C)nc(C(Cl)(Cl)Cl)n2)cc1.COc1ccccc1/C=C/c1nc(C(Cl)(Cl)Cl)nc(C(Cl)(Cl)Cl)n1.ClC(Cl)(Cl)c1nc(-c2ccc3c(c2)OCO3)nc(C(Cl)(Cl)Cl)n1.[3H]PP. The van der Waals surface area contributed by atoms with Gasteiger partial charge < -0.3 is 18.9 Å². The molecule has 101 heavy (non-hydrogen) atoms. The van der Waals surface area contributed by atoms with Crippen LogP contribution in [0.2, 0.25) is 0 Å². The number of alkyl halides is 21. The van der Waals surface area contributed by atoms with Gasteiger partial charge in [0.2, 0.25) is 33.3 Å². The maximum atomic E-state index is 6.20. The third-order valence-electron chi connectivity index (χ3n) is 12.0. The zero-order valence-electron chi connectivity index (χ0n) is 50.7. The maximum absolute atomic E-state index is 6.20. The molecule has 0 N–H and O–H groups in total. The first kappa shape index (κ1) is 91.2. The summed E-state index contributed by atoms with van der Waals surface area (Å²) in [5, 5.41) is 0. The Kier molecular flexibility index (Phi) is 36.8. The molecule has 4 aromatic heterocycles. The Hall–Kier alpha value is -2.23. The minimum Gasteiger partial charge on any atom is -0.497 e. The van der Waals surface area contributed by atoms with E-state index in [1.54, 1.807) is 57.6 Å². The summed E-state index contributed by atoms with van der Waals surface area (Å²) in [4.78, 5) is 48.9. The Bertz CT molecular complexity index is 4150. The molecule has 2 unspecified atom stereocenters. The molecule has 0 aliphatic carbocycles. The van der Waals surface area contributed by atoms with E-state index in [9.17, 15) is 0 Å². The molecule has 2 atom stereocenters. The van der Waals surface area contributed by atoms with E-state index in [0.717, 1.165) is 34.4 Å². The quantitative estimate of drug-likeness (QED) is 0.0927. The second kappa shape index (κ2) is 40.8. The third-order valence-corrected chi connectivity index (χ3v) is 15.6. The molecule has 10 rings (SSSR count). The van der Waals surface area contributed by atoms with Crippen LogP contribution in [0.3, 0.4) is 0 Å². The first-order chi connectivity index (χ1) is 46.1. The molecule has 39 heteroatoms. The van der Waals surface area contributed by atoms with Gasteiger partial charge in [-0.1, -0.05) is 358 Å². The van der Waals surface area contributed by atoms with Crippen molar-refractivity contribution in [1.82, 2.24) is 59.8 Å². The van der Waals surface area contributed by atoms with Crippen LogP contribution in [0.5, 0.6) is 23.0 Å². The molecule has 9 aromatic rings. The Morgan fingerprint density at radius 3 is 1.21 bits per heavy atom. The Morgan fingerprint density at radius 1 is 0.416 bits per heavy atom. The van der Waals surface area contributed by atoms with Crippen molar-refractivity contribution in [2.24, 2.45) is 0 Å². The van der Waals surface area contributed by atoms with E-state index in [-0.39, 0.29) is 96.2 Å². The number of ether oxygens (including phenoxy) is 4. The fourth-order valence-electron chi connectivity index (χ4n) is 7.58. The normalized spacial score (nSPS) is 12.4. The molecule has 1 aliphatic heterocycles. The maximum Gasteiger partial charge on any atom is 0.250 e. The molecule has 5 aromatic carbocycles. The minimum absolute atomic E-state index is 0. The summed E-state index contributed by atoms with van der Waals surface area (Å²) in [5.74, 6) is 3.34. The molecular formula is C62H55Cl21N12O4P2. The van der Waals surface area contributed by atoms with Gasteiger partial charge in [0.15, 0.2) is 75.6 Å². The van der Waals surface area contributed by atoms with Crippen molar-refractivity contribution in [2.75, 3.05) is 21.0 Å². The number of fused-ring (bicyclic) bond motifs is 1. The van der Waals surface area contributed by atoms with Gasteiger partial charge in [-0.25, -0.2) is 59.8 Å². The molecular weight excluding hydrogens is 1780 g/mol. The highest BCUT2D eigenvalue weighted by atomic mass is 35.6. The summed E-state index contributed by atoms with van der Waals surface area (Å²) in [5.41, 5.74) is 6.43. The Morgan fingerprint density at radius 2 is 0.782 bits per heavy atom. The predicted molar refractivity (Wildman–Crippen MR) is 434 cm³/mol. The van der Waals surface area contributed by atoms with Crippen LogP contribution in [-0.2, 0) is 33.0 Å². The van der Waals surface area contributed by atoms with Crippen molar-refractivity contribution < 1.29 is 18.9 Å². The van der Waals surface area contributed by atoms with Crippen LogP contribution in [0.15, 0.2) is 115 Å². The average Bonchev–Trinajstić information content (AvgIpc) is 0.828. The highest BCUT2D eigenvalue weighted by molar-refractivity contribution is 7.92. The predicted octanol–water partition coefficient (Wildman–Crippen LogP) is 24.8. The molecule has 0 radical (unpaired) electrons. The number of methoxy groups -OCH3 is 2. The molecule has 0 bridgehead atoms. The van der Waals surface area contributed by atoms with Gasteiger partial charge in [-0.05, 0) is 90.2 Å². The second-order valence-electron chi connectivity index (χ2n) is 18.9. The van der Waals surface area contributed by atoms with Crippen LogP contribution in [0, 0.1) is 6.92 Å². The van der Waals surface area contributed by atoms with Crippen molar-refractivity contribution in [3.63, 3.8) is 0 Å². The lowest BCUT2D eigenvalue weighted by Crippen LogP contribution is -2.16. The lowest BCUT2D eigenvalue weighted by atomic mass is 10.0. The van der Waals surface area contributed by atoms with Gasteiger partial charge in [0, 0.05) is 16.7 Å². The standard InChI is InChI=1S/C19H13Cl6N3.C14H9Cl6N3O.C14H12Cl3N3O.C12H5Cl6N3O2.3CH4.H4P2/c1-2-11-3-5-12(6-4-11)13-7-9-14(10-8-13)15-26-16(18(20,21)22)28-17(27-15)19(23,24)25;1-24-9-5-3-2-4-8(9)6-7-10-21-11(13(15,16)17)23-12(22-10)14(18,19)20;1-9-18-12(20-13(19-9)14(15,16)17)8-5-10-3-6-11(21-2)7-4-10;13-11(14,15)9-19-8(20-10(21-9)12(16,17)18)5-1-2-6-7(3-5)23-4-22-6;;;;1-2/h3-10H,2H2,1H3;2-7H,1H3;3-8H,1-2H3;1-3H,4H2;3*1H4;1-2H2/b;7-6+;8-5+;;;;;/i;;;;;;;1T. The fourth-order valence-corrected chi connectivity index (χ4v) is 9.35. The first-order valence-corrected chi connectivity index (χ1v) is 37.0. The van der Waals surface area contributed by atoms with Gasteiger partial charge in [-0.3, -0.25) is 0 Å². The molecule has 0 saturated carbocycles. The lowest BCUT2D eigenvalue weighted by Gasteiger charge is -2.15. The van der Waals surface area contributed by atoms with Crippen molar-refractivity contribution >= 4 is 286 Å². The number of benzene rings is 5. The molecule has 0 amide bonds. The van der Waals surface area contributed by atoms with Crippen LogP contribution in [0.25, 0.3) is 58.2 Å².